The van der Waals surface area contributed by atoms with Gasteiger partial charge >= 0.3 is 0 Å². The number of pyridine rings is 1. The van der Waals surface area contributed by atoms with Crippen LogP contribution in [0.25, 0.3) is 0 Å². The van der Waals surface area contributed by atoms with E-state index in [0.29, 0.717) is 11.6 Å². The van der Waals surface area contributed by atoms with Gasteiger partial charge in [0.05, 0.1) is 12.4 Å². The summed E-state index contributed by atoms with van der Waals surface area (Å²) in [5, 5.41) is 5.50. The highest BCUT2D eigenvalue weighted by Gasteiger charge is 2.08. The van der Waals surface area contributed by atoms with E-state index in [-0.39, 0.29) is 11.6 Å². The zero-order valence-electron chi connectivity index (χ0n) is 10.1. The number of carbonyl (C=O) groups excluding carboxylic acids is 1. The lowest BCUT2D eigenvalue weighted by Crippen LogP contribution is -2.15. The van der Waals surface area contributed by atoms with E-state index in [1.807, 2.05) is 13.0 Å². The average molecular weight is 243 g/mol. The number of amides is 1. The maximum atomic E-state index is 11.9. The first-order chi connectivity index (χ1) is 8.69. The van der Waals surface area contributed by atoms with Gasteiger partial charge in [-0.15, -0.1) is 0 Å². The third kappa shape index (κ3) is 2.79. The SMILES string of the molecule is CNc1cnc(C(=O)Nc2cc(C)ccn2)cn1. The number of aryl methyl sites for hydroxylation is 1. The summed E-state index contributed by atoms with van der Waals surface area (Å²) in [5.74, 6) is 0.781. The van der Waals surface area contributed by atoms with Gasteiger partial charge in [0.15, 0.2) is 0 Å². The minimum absolute atomic E-state index is 0.248. The molecule has 0 aromatic carbocycles. The van der Waals surface area contributed by atoms with Crippen LogP contribution in [-0.2, 0) is 0 Å². The Morgan fingerprint density at radius 1 is 1.17 bits per heavy atom. The number of nitrogens with one attached hydrogen (secondary N) is 2. The quantitative estimate of drug-likeness (QED) is 0.853. The number of nitrogens with zero attached hydrogens (tertiary/aromatic N) is 3. The molecule has 6 heteroatoms. The van der Waals surface area contributed by atoms with Gasteiger partial charge in [-0.2, -0.15) is 0 Å². The average Bonchev–Trinajstić information content (AvgIpc) is 2.39. The normalized spacial score (nSPS) is 9.89. The molecule has 2 N–H and O–H groups in total. The van der Waals surface area contributed by atoms with Gasteiger partial charge < -0.3 is 10.6 Å². The molecule has 0 aliphatic rings. The molecular weight excluding hydrogens is 230 g/mol. The van der Waals surface area contributed by atoms with Crippen LogP contribution in [0.4, 0.5) is 11.6 Å². The van der Waals surface area contributed by atoms with Crippen molar-refractivity contribution in [1.82, 2.24) is 15.0 Å². The van der Waals surface area contributed by atoms with E-state index >= 15 is 0 Å². The fraction of sp³-hybridized carbons (Fsp3) is 0.167. The van der Waals surface area contributed by atoms with Gasteiger partial charge in [-0.3, -0.25) is 4.79 Å². The predicted octanol–water partition coefficient (Wildman–Crippen LogP) is 1.47. The summed E-state index contributed by atoms with van der Waals surface area (Å²) < 4.78 is 0. The molecule has 2 aromatic heterocycles. The van der Waals surface area contributed by atoms with E-state index in [2.05, 4.69) is 25.6 Å². The molecule has 0 fully saturated rings. The maximum Gasteiger partial charge on any atom is 0.277 e. The van der Waals surface area contributed by atoms with Crippen LogP contribution in [0.5, 0.6) is 0 Å². The van der Waals surface area contributed by atoms with Gasteiger partial charge in [0.25, 0.3) is 5.91 Å². The van der Waals surface area contributed by atoms with Crippen molar-refractivity contribution < 1.29 is 4.79 Å². The molecule has 92 valence electrons. The second kappa shape index (κ2) is 5.22. The smallest absolute Gasteiger partial charge is 0.277 e. The first kappa shape index (κ1) is 12.0. The Hall–Kier alpha value is -2.50. The minimum atomic E-state index is -0.330. The van der Waals surface area contributed by atoms with Gasteiger partial charge in [-0.25, -0.2) is 15.0 Å². The van der Waals surface area contributed by atoms with E-state index in [4.69, 9.17) is 0 Å². The van der Waals surface area contributed by atoms with Gasteiger partial charge in [-0.05, 0) is 24.6 Å². The second-order valence-corrected chi connectivity index (χ2v) is 3.71. The molecule has 0 radical (unpaired) electrons. The number of hydrogen-bond acceptors (Lipinski definition) is 5. The van der Waals surface area contributed by atoms with E-state index in [9.17, 15) is 4.79 Å². The van der Waals surface area contributed by atoms with Crippen molar-refractivity contribution in [3.8, 4) is 0 Å². The van der Waals surface area contributed by atoms with Gasteiger partial charge in [0.1, 0.15) is 17.3 Å². The van der Waals surface area contributed by atoms with Gasteiger partial charge in [0, 0.05) is 13.2 Å². The lowest BCUT2D eigenvalue weighted by molar-refractivity contribution is 0.102. The number of aromatic nitrogens is 3. The van der Waals surface area contributed by atoms with Crippen LogP contribution in [0, 0.1) is 6.92 Å². The zero-order chi connectivity index (χ0) is 13.0. The summed E-state index contributed by atoms with van der Waals surface area (Å²) in [7, 11) is 1.74. The van der Waals surface area contributed by atoms with Crippen LogP contribution in [0.2, 0.25) is 0 Å². The Morgan fingerprint density at radius 3 is 2.61 bits per heavy atom. The van der Waals surface area contributed by atoms with Crippen molar-refractivity contribution in [3.05, 3.63) is 42.0 Å². The highest BCUT2D eigenvalue weighted by molar-refractivity contribution is 6.02. The lowest BCUT2D eigenvalue weighted by Gasteiger charge is -2.04. The molecular formula is C12H13N5O. The van der Waals surface area contributed by atoms with Crippen molar-refractivity contribution in [1.29, 1.82) is 0 Å². The largest absolute Gasteiger partial charge is 0.372 e. The fourth-order valence-corrected chi connectivity index (χ4v) is 1.36. The van der Waals surface area contributed by atoms with E-state index in [0.717, 1.165) is 5.56 Å². The summed E-state index contributed by atoms with van der Waals surface area (Å²) in [4.78, 5) is 23.9. The van der Waals surface area contributed by atoms with Gasteiger partial charge in [0.2, 0.25) is 0 Å². The highest BCUT2D eigenvalue weighted by atomic mass is 16.1. The van der Waals surface area contributed by atoms with Crippen molar-refractivity contribution in [2.75, 3.05) is 17.7 Å². The Morgan fingerprint density at radius 2 is 2.00 bits per heavy atom. The summed E-state index contributed by atoms with van der Waals surface area (Å²) in [6.45, 7) is 1.93. The Labute approximate surface area is 105 Å². The standard InChI is InChI=1S/C12H13N5O/c1-8-3-4-14-10(5-8)17-12(18)9-6-16-11(13-2)7-15-9/h3-7H,1-2H3,(H,13,16)(H,14,17,18). The van der Waals surface area contributed by atoms with Gasteiger partial charge in [-0.1, -0.05) is 0 Å². The van der Waals surface area contributed by atoms with Crippen LogP contribution in [-0.4, -0.2) is 27.9 Å². The first-order valence-corrected chi connectivity index (χ1v) is 5.43. The molecule has 0 bridgehead atoms. The van der Waals surface area contributed by atoms with Crippen LogP contribution in [0.3, 0.4) is 0 Å². The number of rotatable bonds is 3. The van der Waals surface area contributed by atoms with Crippen LogP contribution in [0.1, 0.15) is 16.1 Å². The molecule has 0 aliphatic heterocycles. The van der Waals surface area contributed by atoms with Crippen molar-refractivity contribution in [2.24, 2.45) is 0 Å². The summed E-state index contributed by atoms with van der Waals surface area (Å²) in [5.41, 5.74) is 1.27. The monoisotopic (exact) mass is 243 g/mol. The summed E-state index contributed by atoms with van der Waals surface area (Å²) in [6, 6.07) is 3.64. The van der Waals surface area contributed by atoms with Crippen molar-refractivity contribution in [3.63, 3.8) is 0 Å². The molecule has 0 saturated carbocycles. The van der Waals surface area contributed by atoms with Crippen LogP contribution < -0.4 is 10.6 Å². The second-order valence-electron chi connectivity index (χ2n) is 3.71. The molecule has 2 rings (SSSR count). The third-order valence-corrected chi connectivity index (χ3v) is 2.30. The number of hydrogen-bond donors (Lipinski definition) is 2. The molecule has 0 unspecified atom stereocenters. The lowest BCUT2D eigenvalue weighted by atomic mass is 10.3. The third-order valence-electron chi connectivity index (χ3n) is 2.30. The number of anilines is 2. The number of carbonyl (C=O) groups is 1. The zero-order valence-corrected chi connectivity index (χ0v) is 10.1. The molecule has 0 spiro atoms. The minimum Gasteiger partial charge on any atom is -0.372 e. The molecule has 0 aliphatic carbocycles. The molecule has 2 heterocycles. The molecule has 0 saturated heterocycles. The first-order valence-electron chi connectivity index (χ1n) is 5.43. The highest BCUT2D eigenvalue weighted by Crippen LogP contribution is 2.07. The Balaban J connectivity index is 2.11. The van der Waals surface area contributed by atoms with Crippen molar-refractivity contribution in [2.45, 2.75) is 6.92 Å². The Bertz CT molecular complexity index is 553. The van der Waals surface area contributed by atoms with Crippen LogP contribution in [0.15, 0.2) is 30.7 Å². The topological polar surface area (TPSA) is 79.8 Å². The molecule has 1 amide bonds. The predicted molar refractivity (Wildman–Crippen MR) is 68.5 cm³/mol. The van der Waals surface area contributed by atoms with E-state index in [1.165, 1.54) is 12.4 Å². The fourth-order valence-electron chi connectivity index (χ4n) is 1.36. The van der Waals surface area contributed by atoms with E-state index < -0.39 is 0 Å². The molecule has 2 aromatic rings. The summed E-state index contributed by atoms with van der Waals surface area (Å²) in [6.07, 6.45) is 4.55. The Kier molecular flexibility index (Phi) is 3.47. The summed E-state index contributed by atoms with van der Waals surface area (Å²) >= 11 is 0. The molecule has 0 atom stereocenters. The van der Waals surface area contributed by atoms with E-state index in [1.54, 1.807) is 19.3 Å². The van der Waals surface area contributed by atoms with Crippen LogP contribution >= 0.6 is 0 Å². The maximum absolute atomic E-state index is 11.9. The molecule has 18 heavy (non-hydrogen) atoms. The molecule has 6 nitrogen and oxygen atoms in total. The van der Waals surface area contributed by atoms with Crippen molar-refractivity contribution >= 4 is 17.5 Å².